The molecule has 2 aromatic carbocycles. The topological polar surface area (TPSA) is 79.3 Å². The molecule has 0 N–H and O–H groups in total. The van der Waals surface area contributed by atoms with E-state index in [1.54, 1.807) is 31.4 Å². The minimum Gasteiger partial charge on any atom is -0.497 e. The minimum atomic E-state index is -1.35. The van der Waals surface area contributed by atoms with Gasteiger partial charge >= 0.3 is 0 Å². The van der Waals surface area contributed by atoms with Crippen LogP contribution in [0.5, 0.6) is 5.75 Å². The van der Waals surface area contributed by atoms with Gasteiger partial charge in [0.25, 0.3) is 5.91 Å². The van der Waals surface area contributed by atoms with Crippen LogP contribution in [0.1, 0.15) is 31.4 Å². The minimum absolute atomic E-state index is 0.180. The van der Waals surface area contributed by atoms with Gasteiger partial charge in [0.2, 0.25) is 11.8 Å². The van der Waals surface area contributed by atoms with Gasteiger partial charge in [-0.05, 0) is 18.2 Å². The highest BCUT2D eigenvalue weighted by Crippen LogP contribution is 2.50. The molecule has 2 aliphatic heterocycles. The molecule has 142 valence electrons. The number of nitrogens with zero attached hydrogens (tertiary/aromatic N) is 3. The van der Waals surface area contributed by atoms with Crippen LogP contribution in [0.2, 0.25) is 0 Å². The van der Waals surface area contributed by atoms with Gasteiger partial charge in [0.15, 0.2) is 5.54 Å². The molecule has 0 saturated heterocycles. The fraction of sp³-hybridized carbons (Fsp3) is 0.238. The molecule has 7 nitrogen and oxygen atoms in total. The molecule has 2 heterocycles. The van der Waals surface area contributed by atoms with E-state index in [0.29, 0.717) is 22.7 Å². The number of amides is 3. The second kappa shape index (κ2) is 6.30. The highest BCUT2D eigenvalue weighted by Gasteiger charge is 2.60. The number of rotatable bonds is 2. The lowest BCUT2D eigenvalue weighted by atomic mass is 9.85. The first-order chi connectivity index (χ1) is 13.4. The summed E-state index contributed by atoms with van der Waals surface area (Å²) in [4.78, 5) is 39.3. The first-order valence-electron chi connectivity index (χ1n) is 8.87. The Hall–Kier alpha value is -3.48. The molecule has 7 heteroatoms. The van der Waals surface area contributed by atoms with Crippen LogP contribution in [-0.2, 0) is 19.9 Å². The molecule has 28 heavy (non-hydrogen) atoms. The van der Waals surface area contributed by atoms with Gasteiger partial charge in [0.05, 0.1) is 18.5 Å². The van der Waals surface area contributed by atoms with Crippen molar-refractivity contribution in [1.29, 1.82) is 0 Å². The smallest absolute Gasteiger partial charge is 0.266 e. The normalized spacial score (nSPS) is 20.4. The predicted molar refractivity (Wildman–Crippen MR) is 103 cm³/mol. The Morgan fingerprint density at radius 3 is 2.50 bits per heavy atom. The lowest BCUT2D eigenvalue weighted by Gasteiger charge is -2.30. The molecular formula is C21H19N3O4. The summed E-state index contributed by atoms with van der Waals surface area (Å²) in [6, 6.07) is 14.3. The highest BCUT2D eigenvalue weighted by molar-refractivity contribution is 6.25. The van der Waals surface area contributed by atoms with E-state index in [1.807, 2.05) is 24.3 Å². The molecule has 0 aromatic heterocycles. The first kappa shape index (κ1) is 17.9. The van der Waals surface area contributed by atoms with E-state index in [0.717, 1.165) is 10.5 Å². The Morgan fingerprint density at radius 2 is 1.82 bits per heavy atom. The number of anilines is 1. The van der Waals surface area contributed by atoms with Crippen LogP contribution in [-0.4, -0.2) is 35.6 Å². The Kier molecular flexibility index (Phi) is 4.03. The zero-order valence-corrected chi connectivity index (χ0v) is 15.8. The zero-order chi connectivity index (χ0) is 20.1. The monoisotopic (exact) mass is 377 g/mol. The van der Waals surface area contributed by atoms with E-state index in [1.165, 1.54) is 18.9 Å². The van der Waals surface area contributed by atoms with Gasteiger partial charge in [0.1, 0.15) is 5.75 Å². The van der Waals surface area contributed by atoms with E-state index in [2.05, 4.69) is 5.10 Å². The van der Waals surface area contributed by atoms with E-state index in [-0.39, 0.29) is 12.3 Å². The van der Waals surface area contributed by atoms with Crippen molar-refractivity contribution in [3.8, 4) is 5.75 Å². The molecule has 0 aliphatic carbocycles. The molecule has 0 saturated carbocycles. The Morgan fingerprint density at radius 1 is 1.07 bits per heavy atom. The van der Waals surface area contributed by atoms with Crippen LogP contribution in [0.25, 0.3) is 0 Å². The summed E-state index contributed by atoms with van der Waals surface area (Å²) < 4.78 is 5.28. The standard InChI is InChI=1S/C21H19N3O4/c1-13(25)23-19-10-5-4-9-17(19)21(20(23)27)12-18(22-24(21)14(2)26)15-7-6-8-16(11-15)28-3/h4-11H,12H2,1-3H3/t21-/m0/s1. The predicted octanol–water partition coefficient (Wildman–Crippen LogP) is 2.44. The maximum Gasteiger partial charge on any atom is 0.266 e. The van der Waals surface area contributed by atoms with Gasteiger partial charge in [-0.3, -0.25) is 14.4 Å². The van der Waals surface area contributed by atoms with E-state index < -0.39 is 17.4 Å². The molecule has 0 bridgehead atoms. The van der Waals surface area contributed by atoms with Gasteiger partial charge in [-0.2, -0.15) is 5.10 Å². The summed E-state index contributed by atoms with van der Waals surface area (Å²) >= 11 is 0. The van der Waals surface area contributed by atoms with Crippen molar-refractivity contribution in [2.24, 2.45) is 5.10 Å². The van der Waals surface area contributed by atoms with Gasteiger partial charge in [-0.1, -0.05) is 30.3 Å². The number of ether oxygens (including phenoxy) is 1. The number of hydrogen-bond acceptors (Lipinski definition) is 5. The molecular weight excluding hydrogens is 358 g/mol. The van der Waals surface area contributed by atoms with Crippen molar-refractivity contribution >= 4 is 29.1 Å². The number of hydrogen-bond donors (Lipinski definition) is 0. The second-order valence-electron chi connectivity index (χ2n) is 6.82. The van der Waals surface area contributed by atoms with Crippen molar-refractivity contribution in [3.63, 3.8) is 0 Å². The summed E-state index contributed by atoms with van der Waals surface area (Å²) in [5.41, 5.74) is 1.09. The van der Waals surface area contributed by atoms with Crippen LogP contribution in [0, 0.1) is 0 Å². The number of para-hydroxylation sites is 1. The fourth-order valence-electron chi connectivity index (χ4n) is 3.98. The van der Waals surface area contributed by atoms with Gasteiger partial charge in [-0.15, -0.1) is 0 Å². The summed E-state index contributed by atoms with van der Waals surface area (Å²) in [5.74, 6) is -0.573. The SMILES string of the molecule is COc1cccc(C2=NN(C(C)=O)[C@]3(C2)C(=O)N(C(C)=O)c2ccccc23)c1. The third-order valence-electron chi connectivity index (χ3n) is 5.17. The average Bonchev–Trinajstić information content (AvgIpc) is 3.20. The van der Waals surface area contributed by atoms with Crippen LogP contribution in [0.4, 0.5) is 5.69 Å². The quantitative estimate of drug-likeness (QED) is 0.805. The summed E-state index contributed by atoms with van der Waals surface area (Å²) in [5, 5.41) is 5.71. The Balaban J connectivity index is 1.89. The number of hydrazone groups is 1. The maximum atomic E-state index is 13.5. The van der Waals surface area contributed by atoms with Gasteiger partial charge in [-0.25, -0.2) is 9.91 Å². The second-order valence-corrected chi connectivity index (χ2v) is 6.82. The van der Waals surface area contributed by atoms with Crippen LogP contribution in [0.3, 0.4) is 0 Å². The van der Waals surface area contributed by atoms with Crippen molar-refractivity contribution < 1.29 is 19.1 Å². The van der Waals surface area contributed by atoms with E-state index in [9.17, 15) is 14.4 Å². The third kappa shape index (κ3) is 2.36. The number of fused-ring (bicyclic) bond motifs is 2. The van der Waals surface area contributed by atoms with Crippen molar-refractivity contribution in [1.82, 2.24) is 5.01 Å². The van der Waals surface area contributed by atoms with Crippen LogP contribution >= 0.6 is 0 Å². The van der Waals surface area contributed by atoms with Crippen molar-refractivity contribution in [2.75, 3.05) is 12.0 Å². The molecule has 2 aromatic rings. The van der Waals surface area contributed by atoms with Gasteiger partial charge in [0, 0.05) is 31.4 Å². The van der Waals surface area contributed by atoms with Crippen LogP contribution in [0.15, 0.2) is 53.6 Å². The number of imide groups is 1. The summed E-state index contributed by atoms with van der Waals surface area (Å²) in [6.45, 7) is 2.71. The van der Waals surface area contributed by atoms with E-state index >= 15 is 0 Å². The molecule has 3 amide bonds. The van der Waals surface area contributed by atoms with Crippen molar-refractivity contribution in [2.45, 2.75) is 25.8 Å². The number of benzene rings is 2. The molecule has 0 radical (unpaired) electrons. The van der Waals surface area contributed by atoms with Crippen LogP contribution < -0.4 is 9.64 Å². The van der Waals surface area contributed by atoms with Crippen molar-refractivity contribution in [3.05, 3.63) is 59.7 Å². The number of methoxy groups -OCH3 is 1. The molecule has 1 atom stereocenters. The molecule has 1 spiro atoms. The highest BCUT2D eigenvalue weighted by atomic mass is 16.5. The Bertz CT molecular complexity index is 1050. The fourth-order valence-corrected chi connectivity index (χ4v) is 3.98. The summed E-state index contributed by atoms with van der Waals surface area (Å²) in [6.07, 6.45) is 0.180. The lowest BCUT2D eigenvalue weighted by Crippen LogP contribution is -2.51. The number of carbonyl (C=O) groups excluding carboxylic acids is 3. The molecule has 0 unspecified atom stereocenters. The average molecular weight is 377 g/mol. The van der Waals surface area contributed by atoms with E-state index in [4.69, 9.17) is 4.74 Å². The zero-order valence-electron chi connectivity index (χ0n) is 15.8. The number of carbonyl (C=O) groups is 3. The molecule has 2 aliphatic rings. The van der Waals surface area contributed by atoms with Gasteiger partial charge < -0.3 is 4.74 Å². The largest absolute Gasteiger partial charge is 0.497 e. The molecule has 0 fully saturated rings. The first-order valence-corrected chi connectivity index (χ1v) is 8.87. The molecule has 4 rings (SSSR count). The third-order valence-corrected chi connectivity index (χ3v) is 5.17. The summed E-state index contributed by atoms with van der Waals surface area (Å²) in [7, 11) is 1.57. The maximum absolute atomic E-state index is 13.5. The Labute approximate surface area is 162 Å². The lowest BCUT2D eigenvalue weighted by molar-refractivity contribution is -0.144.